The zero-order valence-corrected chi connectivity index (χ0v) is 16.1. The van der Waals surface area contributed by atoms with E-state index in [0.29, 0.717) is 12.3 Å². The monoisotopic (exact) mass is 386 g/mol. The Labute approximate surface area is 126 Å². The minimum absolute atomic E-state index is 0.0369. The predicted octanol–water partition coefficient (Wildman–Crippen LogP) is 3.45. The van der Waals surface area contributed by atoms with Gasteiger partial charge in [0.15, 0.2) is 0 Å². The van der Waals surface area contributed by atoms with Crippen molar-refractivity contribution in [3.05, 3.63) is 9.67 Å². The molecule has 1 spiro atoms. The van der Waals surface area contributed by atoms with E-state index in [-0.39, 0.29) is 23.3 Å². The molecule has 0 amide bonds. The summed E-state index contributed by atoms with van der Waals surface area (Å²) in [6.07, 6.45) is 5.96. The Balaban J connectivity index is 2.02. The van der Waals surface area contributed by atoms with Gasteiger partial charge in [-0.15, -0.1) is 0 Å². The van der Waals surface area contributed by atoms with Gasteiger partial charge in [-0.25, -0.2) is 0 Å². The first kappa shape index (κ1) is 14.9. The minimum atomic E-state index is -2.13. The van der Waals surface area contributed by atoms with Crippen LogP contribution in [-0.2, 0) is 14.3 Å². The van der Waals surface area contributed by atoms with Crippen molar-refractivity contribution in [2.24, 2.45) is 5.92 Å². The summed E-state index contributed by atoms with van der Waals surface area (Å²) in [4.78, 5) is 19.2. The van der Waals surface area contributed by atoms with Gasteiger partial charge in [0, 0.05) is 0 Å². The molecule has 0 radical (unpaired) electrons. The number of carbonyl (C=O) groups is 1. The van der Waals surface area contributed by atoms with E-state index in [1.165, 1.54) is 0 Å². The Morgan fingerprint density at radius 1 is 1.30 bits per heavy atom. The van der Waals surface area contributed by atoms with Crippen molar-refractivity contribution in [1.29, 1.82) is 0 Å². The zero-order valence-electron chi connectivity index (χ0n) is 13.3. The fraction of sp³-hybridized carbons (Fsp3) is 0.812. The average Bonchev–Trinajstić information content (AvgIpc) is 2.58. The Kier molecular flexibility index (Phi) is 3.34. The average molecular weight is 385 g/mol. The van der Waals surface area contributed by atoms with Gasteiger partial charge in [0.1, 0.15) is 0 Å². The molecule has 3 atom stereocenters. The number of ether oxygens (including phenoxy) is 2. The molecule has 0 N–H and O–H groups in total. The quantitative estimate of drug-likeness (QED) is 0.513. The molecule has 3 aliphatic rings. The van der Waals surface area contributed by atoms with Gasteiger partial charge in [-0.3, -0.25) is 0 Å². The molecule has 20 heavy (non-hydrogen) atoms. The van der Waals surface area contributed by atoms with Crippen LogP contribution in [0.2, 0.25) is 14.8 Å². The second-order valence-electron chi connectivity index (χ2n) is 8.13. The zero-order chi connectivity index (χ0) is 14.8. The van der Waals surface area contributed by atoms with E-state index < -0.39 is 18.4 Å². The molecule has 2 heterocycles. The van der Waals surface area contributed by atoms with Crippen molar-refractivity contribution in [1.82, 2.24) is 0 Å². The van der Waals surface area contributed by atoms with Crippen LogP contribution in [0.1, 0.15) is 39.5 Å². The van der Waals surface area contributed by atoms with Gasteiger partial charge in [-0.05, 0) is 0 Å². The molecule has 2 fully saturated rings. The van der Waals surface area contributed by atoms with Crippen LogP contribution >= 0.6 is 0 Å². The molecule has 3 rings (SSSR count). The van der Waals surface area contributed by atoms with E-state index in [4.69, 9.17) is 9.47 Å². The summed E-state index contributed by atoms with van der Waals surface area (Å²) in [6, 6.07) is 0. The third kappa shape index (κ3) is 2.16. The molecule has 0 unspecified atom stereocenters. The normalized spacial score (nSPS) is 39.6. The summed E-state index contributed by atoms with van der Waals surface area (Å²) < 4.78 is 13.8. The van der Waals surface area contributed by atoms with E-state index in [1.54, 1.807) is 3.59 Å². The van der Waals surface area contributed by atoms with Gasteiger partial charge in [-0.1, -0.05) is 0 Å². The number of rotatable bonds is 1. The molecule has 2 saturated heterocycles. The van der Waals surface area contributed by atoms with Crippen molar-refractivity contribution >= 4 is 24.3 Å². The van der Waals surface area contributed by atoms with Gasteiger partial charge in [0.05, 0.1) is 0 Å². The van der Waals surface area contributed by atoms with Crippen molar-refractivity contribution in [3.8, 4) is 0 Å². The van der Waals surface area contributed by atoms with Crippen LogP contribution in [0.5, 0.6) is 0 Å². The summed E-state index contributed by atoms with van der Waals surface area (Å²) >= 11 is -2.13. The molecule has 0 aromatic carbocycles. The molecule has 2 aliphatic heterocycles. The Morgan fingerprint density at radius 3 is 2.65 bits per heavy atom. The summed E-state index contributed by atoms with van der Waals surface area (Å²) in [6.45, 7) is 4.33. The molecule has 0 aromatic heterocycles. The van der Waals surface area contributed by atoms with Crippen LogP contribution in [0, 0.1) is 5.92 Å². The van der Waals surface area contributed by atoms with Gasteiger partial charge in [0.25, 0.3) is 0 Å². The van der Waals surface area contributed by atoms with Crippen molar-refractivity contribution in [3.63, 3.8) is 0 Å². The molecule has 3 nitrogen and oxygen atoms in total. The van der Waals surface area contributed by atoms with Crippen LogP contribution in [0.4, 0.5) is 0 Å². The van der Waals surface area contributed by atoms with Crippen LogP contribution in [-0.4, -0.2) is 41.7 Å². The van der Waals surface area contributed by atoms with E-state index >= 15 is 0 Å². The summed E-state index contributed by atoms with van der Waals surface area (Å²) in [7, 11) is 0. The number of allylic oxidation sites excluding steroid dienone is 1. The van der Waals surface area contributed by atoms with Crippen molar-refractivity contribution in [2.75, 3.05) is 0 Å². The fourth-order valence-electron chi connectivity index (χ4n) is 4.35. The van der Waals surface area contributed by atoms with E-state index in [1.807, 2.05) is 0 Å². The van der Waals surface area contributed by atoms with Gasteiger partial charge < -0.3 is 0 Å². The first-order valence-electron chi connectivity index (χ1n) is 7.74. The first-order valence-corrected chi connectivity index (χ1v) is 17.7. The fourth-order valence-corrected chi connectivity index (χ4v) is 8.81. The number of hydrogen-bond donors (Lipinski definition) is 0. The Hall–Kier alpha value is -0.0313. The molecular weight excluding hydrogens is 359 g/mol. The van der Waals surface area contributed by atoms with Gasteiger partial charge >= 0.3 is 126 Å². The Bertz CT molecular complexity index is 475. The molecule has 0 aromatic rings. The Morgan fingerprint density at radius 2 is 2.00 bits per heavy atom. The maximum absolute atomic E-state index is 11.9. The second kappa shape index (κ2) is 4.48. The first-order chi connectivity index (χ1) is 9.15. The number of esters is 1. The SMILES string of the molecule is CC1(C)O[C@@H]2CC(=O)O[C@@]23C[C]([Sn]([CH3])([CH3])[CH3])=CCC[C@@H]13. The molecular formula is C16H26O3Sn. The summed E-state index contributed by atoms with van der Waals surface area (Å²) in [5.41, 5.74) is -0.546. The van der Waals surface area contributed by atoms with Crippen LogP contribution in [0.15, 0.2) is 9.67 Å². The van der Waals surface area contributed by atoms with E-state index in [2.05, 4.69) is 34.7 Å². The van der Waals surface area contributed by atoms with E-state index in [0.717, 1.165) is 19.3 Å². The van der Waals surface area contributed by atoms with E-state index in [9.17, 15) is 4.79 Å². The summed E-state index contributed by atoms with van der Waals surface area (Å²) in [5.74, 6) is 0.259. The summed E-state index contributed by atoms with van der Waals surface area (Å²) in [5, 5.41) is 0. The maximum atomic E-state index is 11.9. The van der Waals surface area contributed by atoms with Gasteiger partial charge in [-0.2, -0.15) is 0 Å². The van der Waals surface area contributed by atoms with Crippen molar-refractivity contribution in [2.45, 2.75) is 71.7 Å². The van der Waals surface area contributed by atoms with Crippen LogP contribution in [0.3, 0.4) is 0 Å². The second-order valence-corrected chi connectivity index (χ2v) is 22.8. The third-order valence-electron chi connectivity index (χ3n) is 5.35. The standard InChI is InChI=1S/C13H17O3.3CH3.Sn/c1-12(2)9-6-4-3-5-7-13(9)10(15-12)8-11(14)16-13;;;;/h3,9-10H,4,6-8H2,1-2H3;3*1H3;/t9-,10+,13+;;;;/m0..../s1. The third-order valence-corrected chi connectivity index (χ3v) is 11.9. The van der Waals surface area contributed by atoms with Crippen LogP contribution < -0.4 is 0 Å². The molecule has 0 saturated carbocycles. The molecule has 112 valence electrons. The predicted molar refractivity (Wildman–Crippen MR) is 81.2 cm³/mol. The van der Waals surface area contributed by atoms with Crippen molar-refractivity contribution < 1.29 is 14.3 Å². The number of carbonyl (C=O) groups excluding carboxylic acids is 1. The molecule has 0 bridgehead atoms. The van der Waals surface area contributed by atoms with Crippen LogP contribution in [0.25, 0.3) is 0 Å². The number of hydrogen-bond acceptors (Lipinski definition) is 3. The van der Waals surface area contributed by atoms with Gasteiger partial charge in [0.2, 0.25) is 0 Å². The molecule has 1 aliphatic carbocycles. The topological polar surface area (TPSA) is 35.5 Å². The molecule has 4 heteroatoms.